The zero-order valence-electron chi connectivity index (χ0n) is 11.3. The molecule has 19 heavy (non-hydrogen) atoms. The molecule has 0 aliphatic heterocycles. The average Bonchev–Trinajstić information content (AvgIpc) is 2.38. The van der Waals surface area contributed by atoms with E-state index in [0.29, 0.717) is 10.7 Å². The molecule has 1 aromatic carbocycles. The number of alkyl halides is 1. The molecule has 0 bridgehead atoms. The van der Waals surface area contributed by atoms with E-state index in [1.807, 2.05) is 6.07 Å². The molecule has 0 aromatic heterocycles. The van der Waals surface area contributed by atoms with Crippen LogP contribution in [0, 0.1) is 17.7 Å². The SMILES string of the molecule is CCCC1CCC(Br)C(Cc2ccc(F)c(Cl)c2)C1. The van der Waals surface area contributed by atoms with E-state index in [4.69, 9.17) is 11.6 Å². The van der Waals surface area contributed by atoms with Gasteiger partial charge < -0.3 is 0 Å². The Labute approximate surface area is 128 Å². The van der Waals surface area contributed by atoms with E-state index >= 15 is 0 Å². The Bertz CT molecular complexity index is 421. The Balaban J connectivity index is 2.01. The smallest absolute Gasteiger partial charge is 0.141 e. The van der Waals surface area contributed by atoms with E-state index in [1.54, 1.807) is 6.07 Å². The van der Waals surface area contributed by atoms with Gasteiger partial charge in [0.25, 0.3) is 0 Å². The molecule has 106 valence electrons. The van der Waals surface area contributed by atoms with Crippen molar-refractivity contribution in [3.8, 4) is 0 Å². The molecule has 1 aliphatic rings. The van der Waals surface area contributed by atoms with Gasteiger partial charge >= 0.3 is 0 Å². The second-order valence-electron chi connectivity index (χ2n) is 5.70. The Hall–Kier alpha value is -0.0800. The van der Waals surface area contributed by atoms with Crippen LogP contribution in [-0.4, -0.2) is 4.83 Å². The fourth-order valence-electron chi connectivity index (χ4n) is 3.18. The molecule has 0 heterocycles. The van der Waals surface area contributed by atoms with Crippen LogP contribution in [0.4, 0.5) is 4.39 Å². The summed E-state index contributed by atoms with van der Waals surface area (Å²) in [6.45, 7) is 2.26. The second-order valence-corrected chi connectivity index (χ2v) is 7.28. The maximum atomic E-state index is 13.2. The summed E-state index contributed by atoms with van der Waals surface area (Å²) < 4.78 is 13.2. The summed E-state index contributed by atoms with van der Waals surface area (Å²) >= 11 is 9.68. The van der Waals surface area contributed by atoms with Gasteiger partial charge in [-0.05, 0) is 55.2 Å². The minimum Gasteiger partial charge on any atom is -0.205 e. The lowest BCUT2D eigenvalue weighted by atomic mass is 9.77. The number of benzene rings is 1. The van der Waals surface area contributed by atoms with Gasteiger partial charge in [0.15, 0.2) is 0 Å². The third-order valence-corrected chi connectivity index (χ3v) is 5.67. The molecule has 3 atom stereocenters. The fourth-order valence-corrected chi connectivity index (χ4v) is 4.05. The first-order chi connectivity index (χ1) is 9.10. The van der Waals surface area contributed by atoms with Crippen LogP contribution in [0.2, 0.25) is 5.02 Å². The predicted octanol–water partition coefficient (Wildman–Crippen LogP) is 6.00. The molecule has 0 nitrogen and oxygen atoms in total. The first-order valence-corrected chi connectivity index (χ1v) is 8.47. The maximum absolute atomic E-state index is 13.2. The lowest BCUT2D eigenvalue weighted by Gasteiger charge is -2.33. The van der Waals surface area contributed by atoms with Crippen molar-refractivity contribution < 1.29 is 4.39 Å². The van der Waals surface area contributed by atoms with Crippen LogP contribution in [0.3, 0.4) is 0 Å². The molecule has 0 amide bonds. The van der Waals surface area contributed by atoms with Crippen molar-refractivity contribution in [1.29, 1.82) is 0 Å². The molecule has 1 aliphatic carbocycles. The van der Waals surface area contributed by atoms with E-state index < -0.39 is 0 Å². The van der Waals surface area contributed by atoms with Gasteiger partial charge in [-0.2, -0.15) is 0 Å². The normalized spacial score (nSPS) is 27.5. The molecule has 0 N–H and O–H groups in total. The highest BCUT2D eigenvalue weighted by Crippen LogP contribution is 2.38. The third-order valence-electron chi connectivity index (χ3n) is 4.18. The van der Waals surface area contributed by atoms with Crippen molar-refractivity contribution >= 4 is 27.5 Å². The Morgan fingerprint density at radius 3 is 2.84 bits per heavy atom. The molecule has 0 spiro atoms. The molecule has 2 rings (SSSR count). The highest BCUT2D eigenvalue weighted by Gasteiger charge is 2.28. The molecule has 0 saturated heterocycles. The topological polar surface area (TPSA) is 0 Å². The van der Waals surface area contributed by atoms with E-state index in [9.17, 15) is 4.39 Å². The van der Waals surface area contributed by atoms with Crippen molar-refractivity contribution in [2.75, 3.05) is 0 Å². The van der Waals surface area contributed by atoms with Gasteiger partial charge in [-0.25, -0.2) is 4.39 Å². The van der Waals surface area contributed by atoms with Gasteiger partial charge in [0.1, 0.15) is 5.82 Å². The number of halogens is 3. The Morgan fingerprint density at radius 2 is 2.16 bits per heavy atom. The van der Waals surface area contributed by atoms with Crippen LogP contribution < -0.4 is 0 Å². The molecule has 3 unspecified atom stereocenters. The zero-order chi connectivity index (χ0) is 13.8. The third kappa shape index (κ3) is 4.19. The van der Waals surface area contributed by atoms with Gasteiger partial charge in [-0.15, -0.1) is 0 Å². The molecular weight excluding hydrogens is 327 g/mol. The fraction of sp³-hybridized carbons (Fsp3) is 0.625. The van der Waals surface area contributed by atoms with E-state index in [1.165, 1.54) is 38.2 Å². The summed E-state index contributed by atoms with van der Waals surface area (Å²) in [6.07, 6.45) is 7.47. The van der Waals surface area contributed by atoms with Crippen molar-refractivity contribution in [2.24, 2.45) is 11.8 Å². The van der Waals surface area contributed by atoms with Crippen molar-refractivity contribution in [3.63, 3.8) is 0 Å². The predicted molar refractivity (Wildman–Crippen MR) is 83.6 cm³/mol. The molecule has 3 heteroatoms. The largest absolute Gasteiger partial charge is 0.205 e. The maximum Gasteiger partial charge on any atom is 0.141 e. The average molecular weight is 348 g/mol. The summed E-state index contributed by atoms with van der Waals surface area (Å²) in [6, 6.07) is 5.12. The zero-order valence-corrected chi connectivity index (χ0v) is 13.7. The molecule has 1 fully saturated rings. The summed E-state index contributed by atoms with van der Waals surface area (Å²) in [5.41, 5.74) is 1.15. The minimum atomic E-state index is -0.326. The van der Waals surface area contributed by atoms with Crippen LogP contribution in [0.15, 0.2) is 18.2 Å². The van der Waals surface area contributed by atoms with Crippen molar-refractivity contribution in [1.82, 2.24) is 0 Å². The van der Waals surface area contributed by atoms with E-state index in [0.717, 1.165) is 17.9 Å². The Morgan fingerprint density at radius 1 is 1.37 bits per heavy atom. The highest BCUT2D eigenvalue weighted by molar-refractivity contribution is 9.09. The van der Waals surface area contributed by atoms with Crippen LogP contribution in [0.5, 0.6) is 0 Å². The van der Waals surface area contributed by atoms with Gasteiger partial charge in [-0.1, -0.05) is 53.4 Å². The molecule has 1 aromatic rings. The lowest BCUT2D eigenvalue weighted by molar-refractivity contribution is 0.263. The van der Waals surface area contributed by atoms with Crippen LogP contribution in [-0.2, 0) is 6.42 Å². The van der Waals surface area contributed by atoms with Crippen LogP contribution in [0.25, 0.3) is 0 Å². The summed E-state index contributed by atoms with van der Waals surface area (Å²) in [7, 11) is 0. The Kier molecular flexibility index (Phi) is 5.70. The molecule has 0 radical (unpaired) electrons. The van der Waals surface area contributed by atoms with Crippen molar-refractivity contribution in [3.05, 3.63) is 34.6 Å². The van der Waals surface area contributed by atoms with Crippen molar-refractivity contribution in [2.45, 2.75) is 50.3 Å². The van der Waals surface area contributed by atoms with Gasteiger partial charge in [-0.3, -0.25) is 0 Å². The van der Waals surface area contributed by atoms with Crippen LogP contribution in [0.1, 0.15) is 44.6 Å². The first-order valence-electron chi connectivity index (χ1n) is 7.18. The minimum absolute atomic E-state index is 0.240. The summed E-state index contributed by atoms with van der Waals surface area (Å²) in [4.78, 5) is 0.587. The highest BCUT2D eigenvalue weighted by atomic mass is 79.9. The van der Waals surface area contributed by atoms with Gasteiger partial charge in [0.05, 0.1) is 5.02 Å². The lowest BCUT2D eigenvalue weighted by Crippen LogP contribution is -2.26. The molecule has 1 saturated carbocycles. The van der Waals surface area contributed by atoms with Gasteiger partial charge in [0.2, 0.25) is 0 Å². The first kappa shape index (κ1) is 15.3. The van der Waals surface area contributed by atoms with E-state index in [2.05, 4.69) is 22.9 Å². The quantitative estimate of drug-likeness (QED) is 0.586. The summed E-state index contributed by atoms with van der Waals surface area (Å²) in [5, 5.41) is 0.240. The monoisotopic (exact) mass is 346 g/mol. The van der Waals surface area contributed by atoms with Gasteiger partial charge in [0, 0.05) is 4.83 Å². The second kappa shape index (κ2) is 7.08. The van der Waals surface area contributed by atoms with Crippen LogP contribution >= 0.6 is 27.5 Å². The number of hydrogen-bond acceptors (Lipinski definition) is 0. The number of hydrogen-bond donors (Lipinski definition) is 0. The molecular formula is C16H21BrClF. The number of rotatable bonds is 4. The van der Waals surface area contributed by atoms with E-state index in [-0.39, 0.29) is 10.8 Å². The standard InChI is InChI=1S/C16H21BrClF/c1-2-3-11-4-6-14(17)13(8-11)9-12-5-7-16(19)15(18)10-12/h5,7,10-11,13-14H,2-4,6,8-9H2,1H3. The summed E-state index contributed by atoms with van der Waals surface area (Å²) in [5.74, 6) is 1.18.